The molecule has 3 amide bonds. The van der Waals surface area contributed by atoms with E-state index in [-0.39, 0.29) is 25.0 Å². The first kappa shape index (κ1) is 15.4. The SMILES string of the molecule is CCc1ccc(S(=O)(=O)N2CCC(N3C(=O)CNC3=O)C2)s1. The van der Waals surface area contributed by atoms with E-state index in [0.29, 0.717) is 17.2 Å². The normalized spacial score (nSPS) is 23.3. The first-order chi connectivity index (χ1) is 10.4. The average molecular weight is 343 g/mol. The van der Waals surface area contributed by atoms with E-state index in [4.69, 9.17) is 0 Å². The molecule has 2 aliphatic rings. The van der Waals surface area contributed by atoms with Gasteiger partial charge in [0.15, 0.2) is 0 Å². The van der Waals surface area contributed by atoms with Gasteiger partial charge in [-0.1, -0.05) is 6.92 Å². The van der Waals surface area contributed by atoms with Crippen LogP contribution in [0.15, 0.2) is 16.3 Å². The number of amides is 3. The van der Waals surface area contributed by atoms with Gasteiger partial charge in [0.05, 0.1) is 12.6 Å². The Morgan fingerprint density at radius 1 is 1.36 bits per heavy atom. The van der Waals surface area contributed by atoms with Crippen molar-refractivity contribution < 1.29 is 18.0 Å². The average Bonchev–Trinajstić information content (AvgIpc) is 3.19. The van der Waals surface area contributed by atoms with Crippen LogP contribution in [0, 0.1) is 0 Å². The summed E-state index contributed by atoms with van der Waals surface area (Å²) in [6, 6.07) is 2.64. The van der Waals surface area contributed by atoms with E-state index in [9.17, 15) is 18.0 Å². The standard InChI is InChI=1S/C13H17N3O4S2/c1-2-10-3-4-12(21-10)22(19,20)15-6-5-9(8-15)16-11(17)7-14-13(16)18/h3-4,9H,2,5-8H2,1H3,(H,14,18). The summed E-state index contributed by atoms with van der Waals surface area (Å²) in [5, 5.41) is 2.46. The zero-order valence-corrected chi connectivity index (χ0v) is 13.7. The number of thiophene rings is 1. The van der Waals surface area contributed by atoms with Gasteiger partial charge in [-0.25, -0.2) is 13.2 Å². The molecule has 1 aromatic heterocycles. The molecule has 9 heteroatoms. The minimum absolute atomic E-state index is 0.00708. The Morgan fingerprint density at radius 3 is 2.73 bits per heavy atom. The summed E-state index contributed by atoms with van der Waals surface area (Å²) < 4.78 is 26.9. The van der Waals surface area contributed by atoms with E-state index in [0.717, 1.165) is 16.2 Å². The Bertz CT molecular complexity index is 697. The second-order valence-electron chi connectivity index (χ2n) is 5.30. The van der Waals surface area contributed by atoms with Crippen molar-refractivity contribution in [2.75, 3.05) is 19.6 Å². The number of urea groups is 1. The second-order valence-corrected chi connectivity index (χ2v) is 8.64. The van der Waals surface area contributed by atoms with Crippen LogP contribution in [0.2, 0.25) is 0 Å². The molecule has 1 unspecified atom stereocenters. The molecule has 2 fully saturated rings. The lowest BCUT2D eigenvalue weighted by Crippen LogP contribution is -2.42. The summed E-state index contributed by atoms with van der Waals surface area (Å²) in [5.74, 6) is -0.293. The highest BCUT2D eigenvalue weighted by atomic mass is 32.2. The summed E-state index contributed by atoms with van der Waals surface area (Å²) in [6.45, 7) is 2.46. The van der Waals surface area contributed by atoms with Gasteiger partial charge in [0, 0.05) is 18.0 Å². The molecular weight excluding hydrogens is 326 g/mol. The molecule has 3 rings (SSSR count). The number of hydrogen-bond acceptors (Lipinski definition) is 5. The van der Waals surface area contributed by atoms with Crippen LogP contribution in [-0.4, -0.2) is 55.2 Å². The second kappa shape index (κ2) is 5.64. The molecule has 0 aliphatic carbocycles. The fourth-order valence-electron chi connectivity index (χ4n) is 2.76. The number of hydrogen-bond donors (Lipinski definition) is 1. The summed E-state index contributed by atoms with van der Waals surface area (Å²) >= 11 is 1.27. The Hall–Kier alpha value is -1.45. The largest absolute Gasteiger partial charge is 0.329 e. The first-order valence-corrected chi connectivity index (χ1v) is 9.38. The maximum absolute atomic E-state index is 12.6. The third kappa shape index (κ3) is 2.53. The Morgan fingerprint density at radius 2 is 2.14 bits per heavy atom. The van der Waals surface area contributed by atoms with Crippen LogP contribution in [0.25, 0.3) is 0 Å². The zero-order chi connectivity index (χ0) is 15.9. The number of aryl methyl sites for hydroxylation is 1. The number of sulfonamides is 1. The Kier molecular flexibility index (Phi) is 3.96. The Balaban J connectivity index is 1.77. The van der Waals surface area contributed by atoms with Gasteiger partial charge in [-0.2, -0.15) is 4.31 Å². The van der Waals surface area contributed by atoms with Crippen LogP contribution in [-0.2, 0) is 21.2 Å². The fraction of sp³-hybridized carbons (Fsp3) is 0.538. The van der Waals surface area contributed by atoms with Crippen molar-refractivity contribution in [3.8, 4) is 0 Å². The van der Waals surface area contributed by atoms with Crippen LogP contribution in [0.5, 0.6) is 0 Å². The molecule has 1 N–H and O–H groups in total. The minimum atomic E-state index is -3.54. The maximum Gasteiger partial charge on any atom is 0.324 e. The quantitative estimate of drug-likeness (QED) is 0.812. The number of imide groups is 1. The molecular formula is C13H17N3O4S2. The molecule has 7 nitrogen and oxygen atoms in total. The van der Waals surface area contributed by atoms with E-state index in [2.05, 4.69) is 5.32 Å². The van der Waals surface area contributed by atoms with Crippen LogP contribution in [0.1, 0.15) is 18.2 Å². The van der Waals surface area contributed by atoms with Crippen molar-refractivity contribution in [3.63, 3.8) is 0 Å². The minimum Gasteiger partial charge on any atom is -0.329 e. The lowest BCUT2D eigenvalue weighted by Gasteiger charge is -2.21. The molecule has 0 saturated carbocycles. The van der Waals surface area contributed by atoms with Crippen molar-refractivity contribution in [3.05, 3.63) is 17.0 Å². The summed E-state index contributed by atoms with van der Waals surface area (Å²) in [7, 11) is -3.54. The van der Waals surface area contributed by atoms with Crippen LogP contribution in [0.3, 0.4) is 0 Å². The van der Waals surface area contributed by atoms with E-state index in [1.807, 2.05) is 13.0 Å². The van der Waals surface area contributed by atoms with Crippen molar-refractivity contribution in [1.82, 2.24) is 14.5 Å². The molecule has 1 aromatic rings. The molecule has 0 radical (unpaired) electrons. The summed E-state index contributed by atoms with van der Waals surface area (Å²) in [4.78, 5) is 25.6. The van der Waals surface area contributed by atoms with Crippen molar-refractivity contribution in [1.29, 1.82) is 0 Å². The molecule has 120 valence electrons. The molecule has 0 spiro atoms. The highest BCUT2D eigenvalue weighted by Gasteiger charge is 2.42. The molecule has 2 aliphatic heterocycles. The number of carbonyl (C=O) groups is 2. The van der Waals surface area contributed by atoms with Gasteiger partial charge in [-0.15, -0.1) is 11.3 Å². The molecule has 0 bridgehead atoms. The monoisotopic (exact) mass is 343 g/mol. The summed E-state index contributed by atoms with van der Waals surface area (Å²) in [5.41, 5.74) is 0. The lowest BCUT2D eigenvalue weighted by molar-refractivity contribution is -0.126. The van der Waals surface area contributed by atoms with E-state index in [1.54, 1.807) is 6.07 Å². The maximum atomic E-state index is 12.6. The smallest absolute Gasteiger partial charge is 0.324 e. The van der Waals surface area contributed by atoms with Gasteiger partial charge >= 0.3 is 6.03 Å². The molecule has 3 heterocycles. The molecule has 2 saturated heterocycles. The molecule has 1 atom stereocenters. The van der Waals surface area contributed by atoms with E-state index < -0.39 is 16.1 Å². The highest BCUT2D eigenvalue weighted by Crippen LogP contribution is 2.29. The van der Waals surface area contributed by atoms with Gasteiger partial charge in [-0.3, -0.25) is 9.69 Å². The van der Waals surface area contributed by atoms with Gasteiger partial charge in [0.2, 0.25) is 5.91 Å². The van der Waals surface area contributed by atoms with Crippen molar-refractivity contribution in [2.24, 2.45) is 0 Å². The number of nitrogens with one attached hydrogen (secondary N) is 1. The van der Waals surface area contributed by atoms with Crippen LogP contribution >= 0.6 is 11.3 Å². The molecule has 22 heavy (non-hydrogen) atoms. The Labute approximate surface area is 132 Å². The van der Waals surface area contributed by atoms with E-state index in [1.165, 1.54) is 15.6 Å². The highest BCUT2D eigenvalue weighted by molar-refractivity contribution is 7.91. The van der Waals surface area contributed by atoms with Crippen molar-refractivity contribution >= 4 is 33.3 Å². The number of carbonyl (C=O) groups excluding carboxylic acids is 2. The summed E-state index contributed by atoms with van der Waals surface area (Å²) in [6.07, 6.45) is 1.27. The van der Waals surface area contributed by atoms with E-state index >= 15 is 0 Å². The van der Waals surface area contributed by atoms with Gasteiger partial charge < -0.3 is 5.32 Å². The number of rotatable bonds is 4. The topological polar surface area (TPSA) is 86.8 Å². The number of nitrogens with zero attached hydrogens (tertiary/aromatic N) is 2. The third-order valence-corrected chi connectivity index (χ3v) is 7.51. The van der Waals surface area contributed by atoms with Crippen LogP contribution < -0.4 is 5.32 Å². The third-order valence-electron chi connectivity index (χ3n) is 3.95. The van der Waals surface area contributed by atoms with Gasteiger partial charge in [0.25, 0.3) is 10.0 Å². The fourth-order valence-corrected chi connectivity index (χ4v) is 5.70. The van der Waals surface area contributed by atoms with Gasteiger partial charge in [0.1, 0.15) is 4.21 Å². The predicted molar refractivity (Wildman–Crippen MR) is 81.1 cm³/mol. The molecule has 0 aromatic carbocycles. The lowest BCUT2D eigenvalue weighted by atomic mass is 10.2. The zero-order valence-electron chi connectivity index (χ0n) is 12.1. The predicted octanol–water partition coefficient (Wildman–Crippen LogP) is 0.625. The van der Waals surface area contributed by atoms with Gasteiger partial charge in [-0.05, 0) is 25.0 Å². The first-order valence-electron chi connectivity index (χ1n) is 7.12. The van der Waals surface area contributed by atoms with Crippen molar-refractivity contribution in [2.45, 2.75) is 30.0 Å². The van der Waals surface area contributed by atoms with Crippen LogP contribution in [0.4, 0.5) is 4.79 Å².